The zero-order chi connectivity index (χ0) is 14.3. The van der Waals surface area contributed by atoms with Gasteiger partial charge in [0, 0.05) is 19.5 Å². The molecule has 1 aromatic rings. The molecule has 0 bridgehead atoms. The molecule has 1 rings (SSSR count). The van der Waals surface area contributed by atoms with E-state index in [4.69, 9.17) is 5.73 Å². The van der Waals surface area contributed by atoms with Crippen molar-refractivity contribution in [2.75, 3.05) is 23.7 Å². The van der Waals surface area contributed by atoms with Crippen LogP contribution in [0.5, 0.6) is 0 Å². The average Bonchev–Trinajstić information content (AvgIpc) is 2.35. The van der Waals surface area contributed by atoms with E-state index in [0.717, 1.165) is 6.42 Å². The van der Waals surface area contributed by atoms with Gasteiger partial charge in [-0.15, -0.1) is 0 Å². The van der Waals surface area contributed by atoms with E-state index in [2.05, 4.69) is 10.6 Å². The first-order valence-corrected chi connectivity index (χ1v) is 6.09. The lowest BCUT2D eigenvalue weighted by Crippen LogP contribution is -2.16. The topological polar surface area (TPSA) is 110 Å². The third-order valence-corrected chi connectivity index (χ3v) is 2.47. The van der Waals surface area contributed by atoms with Gasteiger partial charge in [-0.1, -0.05) is 13.0 Å². The molecule has 4 N–H and O–H groups in total. The van der Waals surface area contributed by atoms with E-state index in [0.29, 0.717) is 17.9 Å². The second-order valence-corrected chi connectivity index (χ2v) is 4.03. The lowest BCUT2D eigenvalue weighted by molar-refractivity contribution is -0.383. The van der Waals surface area contributed by atoms with Crippen LogP contribution >= 0.6 is 0 Å². The molecule has 0 saturated carbocycles. The zero-order valence-corrected chi connectivity index (χ0v) is 10.8. The Morgan fingerprint density at radius 3 is 2.37 bits per heavy atom. The SMILES string of the molecule is CCCNc1cccc(NCCC(N)=O)c1[N+](=O)[O-]. The third-order valence-electron chi connectivity index (χ3n) is 2.47. The normalized spacial score (nSPS) is 9.95. The minimum atomic E-state index is -0.449. The van der Waals surface area contributed by atoms with Crippen LogP contribution in [0, 0.1) is 10.1 Å². The molecule has 0 aromatic heterocycles. The van der Waals surface area contributed by atoms with E-state index >= 15 is 0 Å². The van der Waals surface area contributed by atoms with Crippen LogP contribution in [-0.4, -0.2) is 23.9 Å². The Morgan fingerprint density at radius 2 is 1.89 bits per heavy atom. The Kier molecular flexibility index (Phi) is 5.59. The largest absolute Gasteiger partial charge is 0.379 e. The van der Waals surface area contributed by atoms with Crippen molar-refractivity contribution in [3.63, 3.8) is 0 Å². The summed E-state index contributed by atoms with van der Waals surface area (Å²) in [6.07, 6.45) is 1.00. The number of hydrogen-bond donors (Lipinski definition) is 3. The van der Waals surface area contributed by atoms with Crippen molar-refractivity contribution < 1.29 is 9.72 Å². The van der Waals surface area contributed by atoms with Gasteiger partial charge in [0.1, 0.15) is 11.4 Å². The Hall–Kier alpha value is -2.31. The average molecular weight is 266 g/mol. The van der Waals surface area contributed by atoms with Crippen molar-refractivity contribution in [3.05, 3.63) is 28.3 Å². The van der Waals surface area contributed by atoms with Gasteiger partial charge in [0.25, 0.3) is 0 Å². The van der Waals surface area contributed by atoms with Crippen molar-refractivity contribution in [1.82, 2.24) is 0 Å². The third kappa shape index (κ3) is 4.46. The number of carbonyl (C=O) groups is 1. The van der Waals surface area contributed by atoms with Crippen LogP contribution in [0.15, 0.2) is 18.2 Å². The number of carbonyl (C=O) groups excluding carboxylic acids is 1. The number of nitrogens with two attached hydrogens (primary N) is 1. The minimum absolute atomic E-state index is 0.0135. The van der Waals surface area contributed by atoms with Crippen LogP contribution in [0.1, 0.15) is 19.8 Å². The Labute approximate surface area is 111 Å². The van der Waals surface area contributed by atoms with Crippen molar-refractivity contribution in [1.29, 1.82) is 0 Å². The highest BCUT2D eigenvalue weighted by atomic mass is 16.6. The molecule has 0 atom stereocenters. The lowest BCUT2D eigenvalue weighted by Gasteiger charge is -2.10. The Balaban J connectivity index is 2.89. The molecule has 0 heterocycles. The quantitative estimate of drug-likeness (QED) is 0.490. The fourth-order valence-corrected chi connectivity index (χ4v) is 1.61. The Bertz CT molecular complexity index is 462. The summed E-state index contributed by atoms with van der Waals surface area (Å²) in [5.74, 6) is -0.449. The summed E-state index contributed by atoms with van der Waals surface area (Å²) in [5.41, 5.74) is 5.86. The van der Waals surface area contributed by atoms with Gasteiger partial charge in [-0.25, -0.2) is 0 Å². The lowest BCUT2D eigenvalue weighted by atomic mass is 10.2. The molecule has 0 saturated heterocycles. The van der Waals surface area contributed by atoms with E-state index in [-0.39, 0.29) is 18.7 Å². The predicted molar refractivity (Wildman–Crippen MR) is 74.2 cm³/mol. The monoisotopic (exact) mass is 266 g/mol. The molecule has 7 nitrogen and oxygen atoms in total. The summed E-state index contributed by atoms with van der Waals surface area (Å²) >= 11 is 0. The van der Waals surface area contributed by atoms with Gasteiger partial charge >= 0.3 is 5.69 Å². The molecule has 0 aliphatic rings. The molecule has 1 aromatic carbocycles. The van der Waals surface area contributed by atoms with E-state index in [1.807, 2.05) is 6.92 Å². The van der Waals surface area contributed by atoms with Crippen LogP contribution < -0.4 is 16.4 Å². The van der Waals surface area contributed by atoms with Gasteiger partial charge < -0.3 is 16.4 Å². The van der Waals surface area contributed by atoms with Gasteiger partial charge in [0.15, 0.2) is 0 Å². The summed E-state index contributed by atoms with van der Waals surface area (Å²) < 4.78 is 0. The number of hydrogen-bond acceptors (Lipinski definition) is 5. The second-order valence-electron chi connectivity index (χ2n) is 4.03. The van der Waals surface area contributed by atoms with E-state index < -0.39 is 10.8 Å². The number of para-hydroxylation sites is 1. The summed E-state index contributed by atoms with van der Waals surface area (Å²) in [6, 6.07) is 4.99. The maximum Gasteiger partial charge on any atom is 0.315 e. The van der Waals surface area contributed by atoms with Crippen LogP contribution in [0.2, 0.25) is 0 Å². The van der Waals surface area contributed by atoms with E-state index in [9.17, 15) is 14.9 Å². The Morgan fingerprint density at radius 1 is 1.32 bits per heavy atom. The molecule has 0 radical (unpaired) electrons. The second kappa shape index (κ2) is 7.20. The van der Waals surface area contributed by atoms with E-state index in [1.54, 1.807) is 18.2 Å². The highest BCUT2D eigenvalue weighted by molar-refractivity contribution is 5.77. The van der Waals surface area contributed by atoms with Gasteiger partial charge in [0.2, 0.25) is 5.91 Å². The molecule has 7 heteroatoms. The highest BCUT2D eigenvalue weighted by Gasteiger charge is 2.19. The van der Waals surface area contributed by atoms with E-state index in [1.165, 1.54) is 0 Å². The molecule has 0 aliphatic heterocycles. The summed E-state index contributed by atoms with van der Waals surface area (Å²) in [6.45, 7) is 2.91. The van der Waals surface area contributed by atoms with Crippen LogP contribution in [0.4, 0.5) is 17.1 Å². The van der Waals surface area contributed by atoms with Crippen LogP contribution in [0.25, 0.3) is 0 Å². The number of anilines is 2. The smallest absolute Gasteiger partial charge is 0.315 e. The first-order valence-electron chi connectivity index (χ1n) is 6.09. The molecular formula is C12H18N4O3. The number of amides is 1. The molecule has 0 fully saturated rings. The first kappa shape index (κ1) is 14.7. The number of primary amides is 1. The van der Waals surface area contributed by atoms with Gasteiger partial charge in [-0.05, 0) is 18.6 Å². The van der Waals surface area contributed by atoms with Gasteiger partial charge in [-0.3, -0.25) is 14.9 Å². The zero-order valence-electron chi connectivity index (χ0n) is 10.8. The molecule has 0 spiro atoms. The van der Waals surface area contributed by atoms with Gasteiger partial charge in [0.05, 0.1) is 4.92 Å². The number of nitrogens with zero attached hydrogens (tertiary/aromatic N) is 1. The summed E-state index contributed by atoms with van der Waals surface area (Å²) in [4.78, 5) is 21.3. The predicted octanol–water partition coefficient (Wildman–Crippen LogP) is 1.70. The minimum Gasteiger partial charge on any atom is -0.379 e. The maximum absolute atomic E-state index is 11.1. The number of nitro groups is 1. The summed E-state index contributed by atoms with van der Waals surface area (Å²) in [7, 11) is 0. The molecule has 0 aliphatic carbocycles. The number of benzene rings is 1. The van der Waals surface area contributed by atoms with Crippen molar-refractivity contribution >= 4 is 23.0 Å². The van der Waals surface area contributed by atoms with Crippen LogP contribution in [0.3, 0.4) is 0 Å². The molecule has 19 heavy (non-hydrogen) atoms. The molecule has 1 amide bonds. The maximum atomic E-state index is 11.1. The molecule has 104 valence electrons. The van der Waals surface area contributed by atoms with Crippen molar-refractivity contribution in [3.8, 4) is 0 Å². The summed E-state index contributed by atoms with van der Waals surface area (Å²) in [5, 5.41) is 17.0. The van der Waals surface area contributed by atoms with Crippen molar-refractivity contribution in [2.24, 2.45) is 5.73 Å². The molecule has 0 unspecified atom stereocenters. The molecular weight excluding hydrogens is 248 g/mol. The fraction of sp³-hybridized carbons (Fsp3) is 0.417. The fourth-order valence-electron chi connectivity index (χ4n) is 1.61. The van der Waals surface area contributed by atoms with Crippen molar-refractivity contribution in [2.45, 2.75) is 19.8 Å². The van der Waals surface area contributed by atoms with Gasteiger partial charge in [-0.2, -0.15) is 0 Å². The highest BCUT2D eigenvalue weighted by Crippen LogP contribution is 2.32. The number of nitrogens with one attached hydrogen (secondary N) is 2. The number of rotatable bonds is 8. The standard InChI is InChI=1S/C12H18N4O3/c1-2-7-14-9-4-3-5-10(12(9)16(18)19)15-8-6-11(13)17/h3-5,14-15H,2,6-8H2,1H3,(H2,13,17). The first-order chi connectivity index (χ1) is 9.06. The van der Waals surface area contributed by atoms with Crippen LogP contribution in [-0.2, 0) is 4.79 Å². The number of nitro benzene ring substituents is 1.